The van der Waals surface area contributed by atoms with Crippen molar-refractivity contribution in [1.82, 2.24) is 9.62 Å². The smallest absolute Gasteiger partial charge is 0.230 e. The first kappa shape index (κ1) is 11.8. The van der Waals surface area contributed by atoms with Gasteiger partial charge in [0.1, 0.15) is 0 Å². The van der Waals surface area contributed by atoms with E-state index in [1.807, 2.05) is 6.07 Å². The van der Waals surface area contributed by atoms with Gasteiger partial charge in [0.15, 0.2) is 5.25 Å². The van der Waals surface area contributed by atoms with E-state index in [0.29, 0.717) is 19.0 Å². The number of nitriles is 1. The highest BCUT2D eigenvalue weighted by Gasteiger charge is 2.41. The second kappa shape index (κ2) is 4.32. The summed E-state index contributed by atoms with van der Waals surface area (Å²) in [4.78, 5) is 0. The molecule has 16 heavy (non-hydrogen) atoms. The Labute approximate surface area is 96.5 Å². The van der Waals surface area contributed by atoms with Gasteiger partial charge in [-0.1, -0.05) is 0 Å². The molecule has 0 spiro atoms. The highest BCUT2D eigenvalue weighted by molar-refractivity contribution is 7.90. The molecule has 0 saturated carbocycles. The van der Waals surface area contributed by atoms with Crippen LogP contribution in [0.2, 0.25) is 0 Å². The predicted octanol–water partition coefficient (Wildman–Crippen LogP) is -0.0879. The molecule has 0 aromatic carbocycles. The molecule has 3 atom stereocenters. The molecule has 1 N–H and O–H groups in total. The molecule has 2 rings (SSSR count). The molecule has 2 aliphatic rings. The number of hydrogen-bond donors (Lipinski definition) is 1. The Morgan fingerprint density at radius 3 is 2.88 bits per heavy atom. The first-order valence-electron chi connectivity index (χ1n) is 5.67. The Kier molecular flexibility index (Phi) is 3.19. The van der Waals surface area contributed by atoms with Gasteiger partial charge in [0.25, 0.3) is 0 Å². The summed E-state index contributed by atoms with van der Waals surface area (Å²) in [5, 5.41) is 11.1. The third-order valence-electron chi connectivity index (χ3n) is 3.55. The van der Waals surface area contributed by atoms with Crippen LogP contribution in [-0.2, 0) is 10.0 Å². The van der Waals surface area contributed by atoms with Crippen molar-refractivity contribution in [2.45, 2.75) is 31.1 Å². The minimum Gasteiger partial charge on any atom is -0.312 e. The summed E-state index contributed by atoms with van der Waals surface area (Å²) in [6.45, 7) is 3.53. The summed E-state index contributed by atoms with van der Waals surface area (Å²) in [7, 11) is -3.41. The molecule has 2 saturated heterocycles. The minimum atomic E-state index is -3.41. The minimum absolute atomic E-state index is 0.286. The zero-order chi connectivity index (χ0) is 11.8. The molecular weight excluding hydrogens is 226 g/mol. The number of hydrogen-bond acceptors (Lipinski definition) is 4. The van der Waals surface area contributed by atoms with Crippen LogP contribution < -0.4 is 5.32 Å². The largest absolute Gasteiger partial charge is 0.312 e. The molecule has 2 aliphatic heterocycles. The van der Waals surface area contributed by atoms with Crippen molar-refractivity contribution in [1.29, 1.82) is 5.26 Å². The zero-order valence-corrected chi connectivity index (χ0v) is 10.2. The van der Waals surface area contributed by atoms with Crippen LogP contribution in [-0.4, -0.2) is 43.6 Å². The Balaban J connectivity index is 2.11. The van der Waals surface area contributed by atoms with Gasteiger partial charge in [-0.15, -0.1) is 0 Å². The van der Waals surface area contributed by atoms with Crippen molar-refractivity contribution in [2.24, 2.45) is 5.92 Å². The summed E-state index contributed by atoms with van der Waals surface area (Å²) in [6.07, 6.45) is 2.20. The Morgan fingerprint density at radius 2 is 2.25 bits per heavy atom. The zero-order valence-electron chi connectivity index (χ0n) is 9.39. The Bertz CT molecular complexity index is 387. The number of piperidine rings is 1. The summed E-state index contributed by atoms with van der Waals surface area (Å²) in [5.74, 6) is 0.425. The molecule has 0 amide bonds. The number of rotatable bonds is 2. The summed E-state index contributed by atoms with van der Waals surface area (Å²) < 4.78 is 25.4. The summed E-state index contributed by atoms with van der Waals surface area (Å²) >= 11 is 0. The highest BCUT2D eigenvalue weighted by Crippen LogP contribution is 2.27. The van der Waals surface area contributed by atoms with E-state index >= 15 is 0 Å². The van der Waals surface area contributed by atoms with Crippen molar-refractivity contribution in [3.8, 4) is 6.07 Å². The van der Waals surface area contributed by atoms with Gasteiger partial charge in [0, 0.05) is 19.1 Å². The second-order valence-electron chi connectivity index (χ2n) is 4.60. The molecule has 2 heterocycles. The lowest BCUT2D eigenvalue weighted by Crippen LogP contribution is -2.41. The van der Waals surface area contributed by atoms with Crippen molar-refractivity contribution < 1.29 is 8.42 Å². The maximum Gasteiger partial charge on any atom is 0.230 e. The number of sulfonamides is 1. The van der Waals surface area contributed by atoms with Crippen LogP contribution in [0.3, 0.4) is 0 Å². The van der Waals surface area contributed by atoms with Crippen LogP contribution in [0.4, 0.5) is 0 Å². The lowest BCUT2D eigenvalue weighted by Gasteiger charge is -2.24. The number of fused-ring (bicyclic) bond motifs is 1. The van der Waals surface area contributed by atoms with Gasteiger partial charge < -0.3 is 5.32 Å². The molecular formula is C10H17N3O2S. The van der Waals surface area contributed by atoms with Gasteiger partial charge in [-0.05, 0) is 32.2 Å². The first-order valence-corrected chi connectivity index (χ1v) is 7.18. The second-order valence-corrected chi connectivity index (χ2v) is 6.85. The summed E-state index contributed by atoms with van der Waals surface area (Å²) in [5.41, 5.74) is 0. The molecule has 3 unspecified atom stereocenters. The molecule has 0 bridgehead atoms. The van der Waals surface area contributed by atoms with Crippen molar-refractivity contribution >= 4 is 10.0 Å². The van der Waals surface area contributed by atoms with E-state index in [2.05, 4.69) is 5.32 Å². The maximum absolute atomic E-state index is 12.0. The molecule has 0 aromatic rings. The molecule has 0 aliphatic carbocycles. The molecule has 90 valence electrons. The fourth-order valence-electron chi connectivity index (χ4n) is 2.51. The third-order valence-corrected chi connectivity index (χ3v) is 5.57. The first-order chi connectivity index (χ1) is 7.55. The van der Waals surface area contributed by atoms with Crippen LogP contribution in [0.15, 0.2) is 0 Å². The van der Waals surface area contributed by atoms with Crippen molar-refractivity contribution in [3.63, 3.8) is 0 Å². The number of nitrogens with one attached hydrogen (secondary N) is 1. The van der Waals surface area contributed by atoms with Crippen LogP contribution in [0.5, 0.6) is 0 Å². The van der Waals surface area contributed by atoms with Crippen molar-refractivity contribution in [3.05, 3.63) is 0 Å². The van der Waals surface area contributed by atoms with E-state index in [0.717, 1.165) is 19.4 Å². The van der Waals surface area contributed by atoms with Gasteiger partial charge in [0.05, 0.1) is 6.07 Å². The lowest BCUT2D eigenvalue weighted by molar-refractivity contribution is 0.339. The average molecular weight is 243 g/mol. The standard InChI is InChI=1S/C10H17N3O2S/c1-8(5-11)16(14,15)13-6-9-3-2-4-12-10(9)7-13/h8-10,12H,2-4,6-7H2,1H3. The third kappa shape index (κ3) is 1.95. The van der Waals surface area contributed by atoms with Gasteiger partial charge in [-0.2, -0.15) is 9.57 Å². The molecule has 0 radical (unpaired) electrons. The molecule has 5 nitrogen and oxygen atoms in total. The van der Waals surface area contributed by atoms with E-state index in [9.17, 15) is 8.42 Å². The van der Waals surface area contributed by atoms with Gasteiger partial charge in [0.2, 0.25) is 10.0 Å². The predicted molar refractivity (Wildman–Crippen MR) is 60.1 cm³/mol. The summed E-state index contributed by atoms with van der Waals surface area (Å²) in [6, 6.07) is 2.10. The van der Waals surface area contributed by atoms with Gasteiger partial charge in [-0.3, -0.25) is 0 Å². The maximum atomic E-state index is 12.0. The average Bonchev–Trinajstić information content (AvgIpc) is 2.72. The highest BCUT2D eigenvalue weighted by atomic mass is 32.2. The molecule has 6 heteroatoms. The topological polar surface area (TPSA) is 73.2 Å². The monoisotopic (exact) mass is 243 g/mol. The van der Waals surface area contributed by atoms with E-state index in [4.69, 9.17) is 5.26 Å². The van der Waals surface area contributed by atoms with Crippen LogP contribution in [0, 0.1) is 17.2 Å². The van der Waals surface area contributed by atoms with Gasteiger partial charge >= 0.3 is 0 Å². The van der Waals surface area contributed by atoms with Crippen LogP contribution in [0.1, 0.15) is 19.8 Å². The molecule has 0 aromatic heterocycles. The SMILES string of the molecule is CC(C#N)S(=O)(=O)N1CC2CCCNC2C1. The van der Waals surface area contributed by atoms with E-state index in [1.165, 1.54) is 11.2 Å². The molecule has 2 fully saturated rings. The Morgan fingerprint density at radius 1 is 1.50 bits per heavy atom. The lowest BCUT2D eigenvalue weighted by atomic mass is 9.94. The van der Waals surface area contributed by atoms with Crippen molar-refractivity contribution in [2.75, 3.05) is 19.6 Å². The Hall–Kier alpha value is -0.640. The number of nitrogens with zero attached hydrogens (tertiary/aromatic N) is 2. The fourth-order valence-corrected chi connectivity index (χ4v) is 3.85. The van der Waals surface area contributed by atoms with E-state index in [-0.39, 0.29) is 6.04 Å². The fraction of sp³-hybridized carbons (Fsp3) is 0.900. The van der Waals surface area contributed by atoms with E-state index in [1.54, 1.807) is 0 Å². The van der Waals surface area contributed by atoms with E-state index < -0.39 is 15.3 Å². The van der Waals surface area contributed by atoms with Crippen LogP contribution in [0.25, 0.3) is 0 Å². The van der Waals surface area contributed by atoms with Crippen LogP contribution >= 0.6 is 0 Å². The quantitative estimate of drug-likeness (QED) is 0.736. The van der Waals surface area contributed by atoms with Gasteiger partial charge in [-0.25, -0.2) is 8.42 Å². The normalized spacial score (nSPS) is 33.0.